The molecule has 31 heavy (non-hydrogen) atoms. The van der Waals surface area contributed by atoms with Crippen LogP contribution < -0.4 is 10.6 Å². The van der Waals surface area contributed by atoms with E-state index in [1.165, 1.54) is 0 Å². The largest absolute Gasteiger partial charge is 0.461 e. The highest BCUT2D eigenvalue weighted by molar-refractivity contribution is 5.99. The third kappa shape index (κ3) is 5.00. The van der Waals surface area contributed by atoms with E-state index < -0.39 is 6.04 Å². The summed E-state index contributed by atoms with van der Waals surface area (Å²) < 4.78 is 5.63. The number of rotatable bonds is 4. The number of fused-ring (bicyclic) bond motifs is 1. The summed E-state index contributed by atoms with van der Waals surface area (Å²) in [5, 5.41) is 7.55. The monoisotopic (exact) mass is 425 g/mol. The second kappa shape index (κ2) is 9.41. The Hall–Kier alpha value is -3.03. The molecule has 0 saturated carbocycles. The SMILES string of the molecule is CN=C(Nc1ccc2oc(C)cc2c1)NC1CCCCN(CC(=O)N2CCCC2)C1=O. The van der Waals surface area contributed by atoms with Crippen LogP contribution in [0.15, 0.2) is 33.7 Å². The number of guanidine groups is 1. The highest BCUT2D eigenvalue weighted by Gasteiger charge is 2.30. The number of carbonyl (C=O) groups is 2. The highest BCUT2D eigenvalue weighted by atomic mass is 16.3. The summed E-state index contributed by atoms with van der Waals surface area (Å²) in [4.78, 5) is 33.6. The van der Waals surface area contributed by atoms with Gasteiger partial charge in [0.05, 0.1) is 6.54 Å². The van der Waals surface area contributed by atoms with Crippen LogP contribution in [0, 0.1) is 6.92 Å². The Kier molecular flexibility index (Phi) is 6.44. The van der Waals surface area contributed by atoms with Gasteiger partial charge in [-0.15, -0.1) is 0 Å². The van der Waals surface area contributed by atoms with Crippen molar-refractivity contribution >= 4 is 34.4 Å². The molecule has 2 aliphatic heterocycles. The van der Waals surface area contributed by atoms with E-state index in [4.69, 9.17) is 4.42 Å². The molecule has 4 rings (SSSR count). The lowest BCUT2D eigenvalue weighted by Crippen LogP contribution is -2.51. The van der Waals surface area contributed by atoms with Gasteiger partial charge in [0.1, 0.15) is 17.4 Å². The van der Waals surface area contributed by atoms with Crippen LogP contribution in [0.3, 0.4) is 0 Å². The first-order chi connectivity index (χ1) is 15.0. The van der Waals surface area contributed by atoms with Gasteiger partial charge in [-0.25, -0.2) is 0 Å². The van der Waals surface area contributed by atoms with E-state index in [1.807, 2.05) is 36.1 Å². The Morgan fingerprint density at radius 2 is 1.94 bits per heavy atom. The number of amides is 2. The number of hydrogen-bond acceptors (Lipinski definition) is 4. The fourth-order valence-electron chi connectivity index (χ4n) is 4.34. The molecule has 8 heteroatoms. The number of aliphatic imine (C=N–C) groups is 1. The summed E-state index contributed by atoms with van der Waals surface area (Å²) in [6.07, 6.45) is 4.65. The third-order valence-electron chi connectivity index (χ3n) is 6.00. The second-order valence-electron chi connectivity index (χ2n) is 8.35. The van der Waals surface area contributed by atoms with Crippen LogP contribution in [-0.4, -0.2) is 66.8 Å². The quantitative estimate of drug-likeness (QED) is 0.581. The van der Waals surface area contributed by atoms with Gasteiger partial charge in [-0.1, -0.05) is 0 Å². The van der Waals surface area contributed by atoms with Crippen LogP contribution in [0.1, 0.15) is 37.9 Å². The normalized spacial score (nSPS) is 20.3. The van der Waals surface area contributed by atoms with E-state index in [-0.39, 0.29) is 18.4 Å². The summed E-state index contributed by atoms with van der Waals surface area (Å²) in [6, 6.07) is 7.42. The van der Waals surface area contributed by atoms with Crippen molar-refractivity contribution in [3.05, 3.63) is 30.0 Å². The van der Waals surface area contributed by atoms with Gasteiger partial charge in [0.15, 0.2) is 5.96 Å². The Bertz CT molecular complexity index is 977. The Labute approximate surface area is 182 Å². The van der Waals surface area contributed by atoms with Gasteiger partial charge in [0, 0.05) is 37.8 Å². The van der Waals surface area contributed by atoms with E-state index in [2.05, 4.69) is 15.6 Å². The minimum Gasteiger partial charge on any atom is -0.461 e. The Morgan fingerprint density at radius 1 is 1.16 bits per heavy atom. The first-order valence-electron chi connectivity index (χ1n) is 11.1. The topological polar surface area (TPSA) is 90.2 Å². The molecule has 166 valence electrons. The summed E-state index contributed by atoms with van der Waals surface area (Å²) in [7, 11) is 1.69. The molecular weight excluding hydrogens is 394 g/mol. The zero-order valence-corrected chi connectivity index (χ0v) is 18.3. The van der Waals surface area contributed by atoms with E-state index in [0.29, 0.717) is 18.9 Å². The lowest BCUT2D eigenvalue weighted by molar-refractivity contribution is -0.140. The molecule has 0 bridgehead atoms. The number of furan rings is 1. The van der Waals surface area contributed by atoms with Gasteiger partial charge in [0.25, 0.3) is 0 Å². The number of benzene rings is 1. The van der Waals surface area contributed by atoms with Crippen molar-refractivity contribution in [2.24, 2.45) is 4.99 Å². The summed E-state index contributed by atoms with van der Waals surface area (Å²) >= 11 is 0. The number of nitrogens with one attached hydrogen (secondary N) is 2. The van der Waals surface area contributed by atoms with Crippen molar-refractivity contribution in [1.29, 1.82) is 0 Å². The van der Waals surface area contributed by atoms with Gasteiger partial charge >= 0.3 is 0 Å². The van der Waals surface area contributed by atoms with Crippen LogP contribution in [0.2, 0.25) is 0 Å². The van der Waals surface area contributed by atoms with Crippen molar-refractivity contribution in [2.45, 2.75) is 45.1 Å². The molecule has 1 aromatic carbocycles. The lowest BCUT2D eigenvalue weighted by atomic mass is 10.1. The molecule has 2 N–H and O–H groups in total. The molecule has 0 aliphatic carbocycles. The maximum absolute atomic E-state index is 13.2. The second-order valence-corrected chi connectivity index (χ2v) is 8.35. The molecule has 2 saturated heterocycles. The van der Waals surface area contributed by atoms with Crippen LogP contribution in [0.4, 0.5) is 5.69 Å². The highest BCUT2D eigenvalue weighted by Crippen LogP contribution is 2.23. The van der Waals surface area contributed by atoms with Gasteiger partial charge in [-0.05, 0) is 63.3 Å². The van der Waals surface area contributed by atoms with Crippen LogP contribution in [-0.2, 0) is 9.59 Å². The standard InChI is InChI=1S/C23H31N5O3/c1-16-13-17-14-18(8-9-20(17)31-16)25-23(24-2)26-19-7-3-4-12-28(22(19)30)15-21(29)27-10-5-6-11-27/h8-9,13-14,19H,3-7,10-12,15H2,1-2H3,(H2,24,25,26). The maximum atomic E-state index is 13.2. The number of aryl methyl sites for hydroxylation is 1. The van der Waals surface area contributed by atoms with Crippen molar-refractivity contribution in [3.63, 3.8) is 0 Å². The van der Waals surface area contributed by atoms with Crippen molar-refractivity contribution in [3.8, 4) is 0 Å². The summed E-state index contributed by atoms with van der Waals surface area (Å²) in [5.41, 5.74) is 1.70. The van der Waals surface area contributed by atoms with Crippen LogP contribution in [0.25, 0.3) is 11.0 Å². The molecule has 8 nitrogen and oxygen atoms in total. The molecule has 3 heterocycles. The van der Waals surface area contributed by atoms with Gasteiger partial charge in [0.2, 0.25) is 11.8 Å². The van der Waals surface area contributed by atoms with Gasteiger partial charge in [-0.2, -0.15) is 0 Å². The first-order valence-corrected chi connectivity index (χ1v) is 11.1. The minimum atomic E-state index is -0.403. The van der Waals surface area contributed by atoms with Crippen molar-refractivity contribution < 1.29 is 14.0 Å². The van der Waals surface area contributed by atoms with E-state index in [9.17, 15) is 9.59 Å². The number of likely N-dealkylation sites (tertiary alicyclic amines) is 2. The average molecular weight is 426 g/mol. The molecule has 0 radical (unpaired) electrons. The minimum absolute atomic E-state index is 0.0334. The fourth-order valence-corrected chi connectivity index (χ4v) is 4.34. The fraction of sp³-hybridized carbons (Fsp3) is 0.522. The van der Waals surface area contributed by atoms with Gasteiger partial charge < -0.3 is 24.9 Å². The summed E-state index contributed by atoms with van der Waals surface area (Å²) in [6.45, 7) is 4.32. The molecule has 1 unspecified atom stereocenters. The van der Waals surface area contributed by atoms with Gasteiger partial charge in [-0.3, -0.25) is 14.6 Å². The molecule has 1 aromatic heterocycles. The maximum Gasteiger partial charge on any atom is 0.245 e. The number of carbonyl (C=O) groups excluding carboxylic acids is 2. The molecule has 0 spiro atoms. The molecule has 2 aromatic rings. The zero-order chi connectivity index (χ0) is 21.8. The molecule has 2 aliphatic rings. The van der Waals surface area contributed by atoms with Crippen molar-refractivity contribution in [2.75, 3.05) is 38.5 Å². The zero-order valence-electron chi connectivity index (χ0n) is 18.3. The van der Waals surface area contributed by atoms with E-state index >= 15 is 0 Å². The molecular formula is C23H31N5O3. The third-order valence-corrected chi connectivity index (χ3v) is 6.00. The Morgan fingerprint density at radius 3 is 2.71 bits per heavy atom. The molecule has 1 atom stereocenters. The van der Waals surface area contributed by atoms with Crippen molar-refractivity contribution in [1.82, 2.24) is 15.1 Å². The van der Waals surface area contributed by atoms with Crippen LogP contribution >= 0.6 is 0 Å². The average Bonchev–Trinajstić information content (AvgIpc) is 3.38. The van der Waals surface area contributed by atoms with Crippen LogP contribution in [0.5, 0.6) is 0 Å². The lowest BCUT2D eigenvalue weighted by Gasteiger charge is -2.27. The van der Waals surface area contributed by atoms with E-state index in [1.54, 1.807) is 11.9 Å². The smallest absolute Gasteiger partial charge is 0.245 e. The molecule has 2 fully saturated rings. The first kappa shape index (κ1) is 21.2. The summed E-state index contributed by atoms with van der Waals surface area (Å²) in [5.74, 6) is 1.42. The number of nitrogens with zero attached hydrogens (tertiary/aromatic N) is 3. The number of anilines is 1. The number of hydrogen-bond donors (Lipinski definition) is 2. The predicted molar refractivity (Wildman–Crippen MR) is 121 cm³/mol. The Balaban J connectivity index is 1.41. The molecule has 2 amide bonds. The predicted octanol–water partition coefficient (Wildman–Crippen LogP) is 2.73. The van der Waals surface area contributed by atoms with E-state index in [0.717, 1.165) is 61.2 Å².